The molecule has 0 unspecified atom stereocenters. The van der Waals surface area contributed by atoms with Gasteiger partial charge in [0.2, 0.25) is 0 Å². The molecule has 3 heterocycles. The van der Waals surface area contributed by atoms with E-state index in [0.29, 0.717) is 16.9 Å². The molecule has 3 aromatic heterocycles. The Morgan fingerprint density at radius 3 is 2.95 bits per heavy atom. The number of nitrogens with two attached hydrogens (primary N) is 1. The van der Waals surface area contributed by atoms with Gasteiger partial charge >= 0.3 is 5.00 Å². The van der Waals surface area contributed by atoms with Crippen molar-refractivity contribution in [2.45, 2.75) is 0 Å². The number of anilines is 1. The van der Waals surface area contributed by atoms with E-state index in [1.54, 1.807) is 5.38 Å². The van der Waals surface area contributed by atoms with Gasteiger partial charge in [0.05, 0.1) is 4.92 Å². The van der Waals surface area contributed by atoms with E-state index >= 15 is 0 Å². The number of imidazole rings is 1. The summed E-state index contributed by atoms with van der Waals surface area (Å²) in [6.07, 6.45) is 1.22. The molecule has 0 bridgehead atoms. The Labute approximate surface area is 110 Å². The third-order valence-corrected chi connectivity index (χ3v) is 3.54. The maximum atomic E-state index is 13.1. The first-order valence-electron chi connectivity index (χ1n) is 5.22. The van der Waals surface area contributed by atoms with E-state index < -0.39 is 10.7 Å². The number of rotatable bonds is 2. The van der Waals surface area contributed by atoms with Gasteiger partial charge in [-0.3, -0.25) is 14.5 Å². The summed E-state index contributed by atoms with van der Waals surface area (Å²) in [5, 5.41) is 12.3. The summed E-state index contributed by atoms with van der Waals surface area (Å²) < 4.78 is 14.6. The van der Waals surface area contributed by atoms with Gasteiger partial charge in [-0.2, -0.15) is 0 Å². The van der Waals surface area contributed by atoms with Crippen LogP contribution >= 0.6 is 11.3 Å². The van der Waals surface area contributed by atoms with E-state index in [9.17, 15) is 14.5 Å². The van der Waals surface area contributed by atoms with Gasteiger partial charge in [0.15, 0.2) is 0 Å². The second-order valence-corrected chi connectivity index (χ2v) is 4.74. The average Bonchev–Trinajstić information content (AvgIpc) is 2.95. The number of pyridine rings is 1. The molecule has 0 aliphatic carbocycles. The minimum atomic E-state index is -0.472. The van der Waals surface area contributed by atoms with Crippen molar-refractivity contribution in [3.05, 3.63) is 45.7 Å². The summed E-state index contributed by atoms with van der Waals surface area (Å²) in [5.41, 5.74) is 7.35. The summed E-state index contributed by atoms with van der Waals surface area (Å²) in [4.78, 5) is 14.4. The third kappa shape index (κ3) is 1.82. The Hall–Kier alpha value is -2.48. The third-order valence-electron chi connectivity index (χ3n) is 2.66. The van der Waals surface area contributed by atoms with Crippen molar-refractivity contribution in [2.75, 3.05) is 5.73 Å². The van der Waals surface area contributed by atoms with Gasteiger partial charge in [-0.05, 0) is 12.1 Å². The van der Waals surface area contributed by atoms with Gasteiger partial charge in [-0.15, -0.1) is 0 Å². The van der Waals surface area contributed by atoms with Crippen LogP contribution in [0.25, 0.3) is 16.9 Å². The number of nitrogens with zero attached hydrogens (tertiary/aromatic N) is 3. The molecule has 0 aliphatic heterocycles. The second-order valence-electron chi connectivity index (χ2n) is 3.85. The number of nitro groups is 1. The Morgan fingerprint density at radius 1 is 1.47 bits per heavy atom. The fraction of sp³-hybridized carbons (Fsp3) is 0. The van der Waals surface area contributed by atoms with Crippen LogP contribution in [0.4, 0.5) is 15.2 Å². The van der Waals surface area contributed by atoms with E-state index in [-0.39, 0.29) is 10.8 Å². The normalized spacial score (nSPS) is 11.0. The maximum absolute atomic E-state index is 13.1. The Kier molecular flexibility index (Phi) is 2.46. The van der Waals surface area contributed by atoms with Gasteiger partial charge in [0.1, 0.15) is 23.0 Å². The number of aromatic nitrogens is 2. The van der Waals surface area contributed by atoms with E-state index in [1.165, 1.54) is 28.8 Å². The number of thiophene rings is 1. The highest BCUT2D eigenvalue weighted by Gasteiger charge is 2.17. The molecule has 96 valence electrons. The fourth-order valence-electron chi connectivity index (χ4n) is 1.79. The molecule has 0 aromatic carbocycles. The van der Waals surface area contributed by atoms with Crippen LogP contribution in [0.1, 0.15) is 0 Å². The molecule has 0 radical (unpaired) electrons. The molecule has 2 N–H and O–H groups in total. The molecule has 0 amide bonds. The quantitative estimate of drug-likeness (QED) is 0.576. The molecular formula is C11H7FN4O2S. The number of nitrogen functional groups attached to an aromatic ring is 1. The van der Waals surface area contributed by atoms with Crippen molar-refractivity contribution in [3.63, 3.8) is 0 Å². The van der Waals surface area contributed by atoms with Gasteiger partial charge < -0.3 is 5.73 Å². The van der Waals surface area contributed by atoms with Crippen LogP contribution in [-0.2, 0) is 0 Å². The van der Waals surface area contributed by atoms with Crippen molar-refractivity contribution >= 4 is 27.8 Å². The summed E-state index contributed by atoms with van der Waals surface area (Å²) in [6, 6.07) is 4.18. The number of fused-ring (bicyclic) bond motifs is 1. The Morgan fingerprint density at radius 2 is 2.26 bits per heavy atom. The smallest absolute Gasteiger partial charge is 0.324 e. The maximum Gasteiger partial charge on any atom is 0.324 e. The minimum Gasteiger partial charge on any atom is -0.383 e. The van der Waals surface area contributed by atoms with Crippen molar-refractivity contribution in [1.82, 2.24) is 9.38 Å². The SMILES string of the molecule is Nc1c(-c2csc([N+](=O)[O-])c2)nc2ccc(F)cn12. The molecule has 0 fully saturated rings. The van der Waals surface area contributed by atoms with E-state index in [4.69, 9.17) is 5.73 Å². The zero-order valence-electron chi connectivity index (χ0n) is 9.41. The van der Waals surface area contributed by atoms with Crippen molar-refractivity contribution in [2.24, 2.45) is 0 Å². The van der Waals surface area contributed by atoms with E-state index in [0.717, 1.165) is 11.3 Å². The van der Waals surface area contributed by atoms with Crippen molar-refractivity contribution < 1.29 is 9.31 Å². The van der Waals surface area contributed by atoms with Crippen LogP contribution in [0.2, 0.25) is 0 Å². The van der Waals surface area contributed by atoms with Gasteiger partial charge in [-0.1, -0.05) is 11.3 Å². The first-order chi connectivity index (χ1) is 9.06. The molecule has 8 heteroatoms. The molecule has 3 aromatic rings. The molecule has 0 saturated heterocycles. The van der Waals surface area contributed by atoms with Crippen LogP contribution < -0.4 is 5.73 Å². The zero-order valence-corrected chi connectivity index (χ0v) is 10.2. The molecule has 3 rings (SSSR count). The average molecular weight is 278 g/mol. The molecule has 6 nitrogen and oxygen atoms in total. The standard InChI is InChI=1S/C11H7FN4O2S/c12-7-1-2-8-14-10(11(13)15(8)4-7)6-3-9(16(17)18)19-5-6/h1-5H,13H2. The molecular weight excluding hydrogens is 271 g/mol. The molecule has 0 atom stereocenters. The largest absolute Gasteiger partial charge is 0.383 e. The predicted octanol–water partition coefficient (Wildman–Crippen LogP) is 2.69. The Balaban J connectivity index is 2.19. The van der Waals surface area contributed by atoms with Crippen LogP contribution in [0, 0.1) is 15.9 Å². The van der Waals surface area contributed by atoms with Crippen molar-refractivity contribution in [3.8, 4) is 11.3 Å². The lowest BCUT2D eigenvalue weighted by atomic mass is 10.2. The first kappa shape index (κ1) is 11.6. The number of hydrogen-bond donors (Lipinski definition) is 1. The highest BCUT2D eigenvalue weighted by atomic mass is 32.1. The summed E-state index contributed by atoms with van der Waals surface area (Å²) in [6.45, 7) is 0. The summed E-state index contributed by atoms with van der Waals surface area (Å²) in [5.74, 6) is -0.179. The molecule has 19 heavy (non-hydrogen) atoms. The van der Waals surface area contributed by atoms with Crippen LogP contribution in [0.15, 0.2) is 29.8 Å². The number of hydrogen-bond acceptors (Lipinski definition) is 5. The van der Waals surface area contributed by atoms with Gasteiger partial charge in [0.25, 0.3) is 0 Å². The topological polar surface area (TPSA) is 86.5 Å². The highest BCUT2D eigenvalue weighted by molar-refractivity contribution is 7.13. The van der Waals surface area contributed by atoms with E-state index in [2.05, 4.69) is 4.98 Å². The molecule has 0 saturated carbocycles. The lowest BCUT2D eigenvalue weighted by Gasteiger charge is -1.96. The lowest BCUT2D eigenvalue weighted by molar-refractivity contribution is -0.380. The summed E-state index contributed by atoms with van der Waals surface area (Å²) in [7, 11) is 0. The van der Waals surface area contributed by atoms with Crippen LogP contribution in [0.5, 0.6) is 0 Å². The summed E-state index contributed by atoms with van der Waals surface area (Å²) >= 11 is 0.996. The Bertz CT molecular complexity index is 795. The van der Waals surface area contributed by atoms with E-state index in [1.807, 2.05) is 0 Å². The minimum absolute atomic E-state index is 0.0117. The van der Waals surface area contributed by atoms with Crippen LogP contribution in [-0.4, -0.2) is 14.3 Å². The van der Waals surface area contributed by atoms with Gasteiger partial charge in [-0.25, -0.2) is 9.37 Å². The molecule has 0 aliphatic rings. The lowest BCUT2D eigenvalue weighted by Crippen LogP contribution is -1.94. The van der Waals surface area contributed by atoms with Gasteiger partial charge in [0, 0.05) is 23.2 Å². The monoisotopic (exact) mass is 278 g/mol. The van der Waals surface area contributed by atoms with Crippen molar-refractivity contribution in [1.29, 1.82) is 0 Å². The first-order valence-corrected chi connectivity index (χ1v) is 6.10. The predicted molar refractivity (Wildman–Crippen MR) is 69.5 cm³/mol. The fourth-order valence-corrected chi connectivity index (χ4v) is 2.50. The number of halogens is 1. The zero-order chi connectivity index (χ0) is 13.6. The highest BCUT2D eigenvalue weighted by Crippen LogP contribution is 2.33. The second kappa shape index (κ2) is 4.02. The molecule has 0 spiro atoms. The van der Waals surface area contributed by atoms with Crippen LogP contribution in [0.3, 0.4) is 0 Å².